The quantitative estimate of drug-likeness (QED) is 0.589. The third-order valence-corrected chi connectivity index (χ3v) is 4.36. The van der Waals surface area contributed by atoms with Crippen LogP contribution >= 0.6 is 0 Å². The van der Waals surface area contributed by atoms with E-state index in [4.69, 9.17) is 9.47 Å². The second kappa shape index (κ2) is 11.0. The van der Waals surface area contributed by atoms with E-state index in [0.29, 0.717) is 69.0 Å². The van der Waals surface area contributed by atoms with Gasteiger partial charge in [0, 0.05) is 50.5 Å². The van der Waals surface area contributed by atoms with Crippen LogP contribution in [0.15, 0.2) is 4.79 Å². The zero-order chi connectivity index (χ0) is 19.6. The fourth-order valence-corrected chi connectivity index (χ4v) is 2.86. The van der Waals surface area contributed by atoms with Crippen LogP contribution in [0.2, 0.25) is 0 Å². The number of hydrogen-bond donors (Lipinski definition) is 2. The number of H-pyrrole nitrogens is 1. The average Bonchev–Trinajstić information content (AvgIpc) is 2.64. The summed E-state index contributed by atoms with van der Waals surface area (Å²) in [5, 5.41) is 2.87. The molecule has 1 aromatic heterocycles. The van der Waals surface area contributed by atoms with Gasteiger partial charge in [0.25, 0.3) is 5.56 Å². The smallest absolute Gasteiger partial charge is 0.255 e. The SMILES string of the molecule is Cc1nc(N2CCOCC2)[nH]c(=O)c1CCC(=O)NCCCOCC(C)C. The molecular formula is C19H32N4O4. The summed E-state index contributed by atoms with van der Waals surface area (Å²) in [7, 11) is 0. The number of carbonyl (C=O) groups is 1. The molecule has 1 aliphatic rings. The first-order chi connectivity index (χ1) is 13.0. The van der Waals surface area contributed by atoms with Crippen molar-refractivity contribution in [3.05, 3.63) is 21.6 Å². The fraction of sp³-hybridized carbons (Fsp3) is 0.737. The maximum Gasteiger partial charge on any atom is 0.255 e. The van der Waals surface area contributed by atoms with Crippen molar-refractivity contribution in [3.63, 3.8) is 0 Å². The van der Waals surface area contributed by atoms with E-state index in [-0.39, 0.29) is 17.9 Å². The van der Waals surface area contributed by atoms with Gasteiger partial charge in [-0.3, -0.25) is 14.6 Å². The van der Waals surface area contributed by atoms with Gasteiger partial charge in [0.1, 0.15) is 0 Å². The minimum absolute atomic E-state index is 0.0603. The van der Waals surface area contributed by atoms with E-state index in [1.165, 1.54) is 0 Å². The van der Waals surface area contributed by atoms with E-state index in [1.54, 1.807) is 0 Å². The number of nitrogens with zero attached hydrogens (tertiary/aromatic N) is 2. The lowest BCUT2D eigenvalue weighted by Gasteiger charge is -2.27. The Bertz CT molecular complexity index is 654. The van der Waals surface area contributed by atoms with Crippen LogP contribution in [-0.4, -0.2) is 61.9 Å². The van der Waals surface area contributed by atoms with Gasteiger partial charge in [-0.15, -0.1) is 0 Å². The van der Waals surface area contributed by atoms with Crippen LogP contribution in [-0.2, 0) is 20.7 Å². The molecule has 0 spiro atoms. The number of hydrogen-bond acceptors (Lipinski definition) is 6. The van der Waals surface area contributed by atoms with Crippen LogP contribution in [0.3, 0.4) is 0 Å². The number of amides is 1. The normalized spacial score (nSPS) is 14.6. The molecule has 1 amide bonds. The number of rotatable bonds is 10. The fourth-order valence-electron chi connectivity index (χ4n) is 2.86. The second-order valence-electron chi connectivity index (χ2n) is 7.23. The van der Waals surface area contributed by atoms with Crippen LogP contribution in [0.1, 0.15) is 37.9 Å². The van der Waals surface area contributed by atoms with Crippen LogP contribution in [0.5, 0.6) is 0 Å². The lowest BCUT2D eigenvalue weighted by Crippen LogP contribution is -2.38. The van der Waals surface area contributed by atoms with Crippen molar-refractivity contribution in [1.82, 2.24) is 15.3 Å². The summed E-state index contributed by atoms with van der Waals surface area (Å²) < 4.78 is 10.8. The molecule has 0 aromatic carbocycles. The summed E-state index contributed by atoms with van der Waals surface area (Å²) in [6, 6.07) is 0. The predicted molar refractivity (Wildman–Crippen MR) is 104 cm³/mol. The number of nitrogens with one attached hydrogen (secondary N) is 2. The number of morpholine rings is 1. The Morgan fingerprint density at radius 3 is 2.78 bits per heavy atom. The molecule has 0 atom stereocenters. The molecule has 152 valence electrons. The van der Waals surface area contributed by atoms with Crippen molar-refractivity contribution in [2.45, 2.75) is 40.0 Å². The van der Waals surface area contributed by atoms with Gasteiger partial charge in [0.05, 0.1) is 13.2 Å². The molecule has 2 rings (SSSR count). The van der Waals surface area contributed by atoms with Crippen molar-refractivity contribution in [1.29, 1.82) is 0 Å². The maximum atomic E-state index is 12.4. The highest BCUT2D eigenvalue weighted by atomic mass is 16.5. The van der Waals surface area contributed by atoms with E-state index in [0.717, 1.165) is 13.0 Å². The number of anilines is 1. The first kappa shape index (κ1) is 21.4. The minimum Gasteiger partial charge on any atom is -0.381 e. The topological polar surface area (TPSA) is 96.6 Å². The summed E-state index contributed by atoms with van der Waals surface area (Å²) in [5.74, 6) is 1.04. The molecule has 1 aromatic rings. The van der Waals surface area contributed by atoms with E-state index < -0.39 is 0 Å². The number of aromatic amines is 1. The van der Waals surface area contributed by atoms with E-state index in [2.05, 4.69) is 29.1 Å². The van der Waals surface area contributed by atoms with Crippen molar-refractivity contribution >= 4 is 11.9 Å². The van der Waals surface area contributed by atoms with Gasteiger partial charge < -0.3 is 19.7 Å². The zero-order valence-corrected chi connectivity index (χ0v) is 16.7. The molecule has 2 N–H and O–H groups in total. The van der Waals surface area contributed by atoms with Gasteiger partial charge in [0.2, 0.25) is 11.9 Å². The van der Waals surface area contributed by atoms with Crippen LogP contribution in [0.25, 0.3) is 0 Å². The Morgan fingerprint density at radius 1 is 1.37 bits per heavy atom. The monoisotopic (exact) mass is 380 g/mol. The minimum atomic E-state index is -0.168. The van der Waals surface area contributed by atoms with E-state index in [9.17, 15) is 9.59 Å². The van der Waals surface area contributed by atoms with Crippen molar-refractivity contribution in [2.24, 2.45) is 5.92 Å². The molecule has 0 aliphatic carbocycles. The Kier molecular flexibility index (Phi) is 8.74. The highest BCUT2D eigenvalue weighted by Gasteiger charge is 2.16. The van der Waals surface area contributed by atoms with Gasteiger partial charge in [-0.2, -0.15) is 0 Å². The first-order valence-electron chi connectivity index (χ1n) is 9.74. The molecule has 8 nitrogen and oxygen atoms in total. The standard InChI is InChI=1S/C19H32N4O4/c1-14(2)13-27-10-4-7-20-17(24)6-5-16-15(3)21-19(22-18(16)25)23-8-11-26-12-9-23/h14H,4-13H2,1-3H3,(H,20,24)(H,21,22,25). The number of aryl methyl sites for hydroxylation is 1. The largest absolute Gasteiger partial charge is 0.381 e. The van der Waals surface area contributed by atoms with Crippen LogP contribution in [0, 0.1) is 12.8 Å². The van der Waals surface area contributed by atoms with E-state index in [1.807, 2.05) is 11.8 Å². The molecule has 0 radical (unpaired) electrons. The average molecular weight is 380 g/mol. The Morgan fingerprint density at radius 2 is 2.11 bits per heavy atom. The molecule has 27 heavy (non-hydrogen) atoms. The Balaban J connectivity index is 1.76. The van der Waals surface area contributed by atoms with Crippen molar-refractivity contribution < 1.29 is 14.3 Å². The molecule has 1 fully saturated rings. The Hall–Kier alpha value is -1.93. The third-order valence-electron chi connectivity index (χ3n) is 4.36. The van der Waals surface area contributed by atoms with Crippen LogP contribution < -0.4 is 15.8 Å². The van der Waals surface area contributed by atoms with Gasteiger partial charge in [0.15, 0.2) is 0 Å². The van der Waals surface area contributed by atoms with Gasteiger partial charge in [-0.25, -0.2) is 4.98 Å². The molecule has 0 unspecified atom stereocenters. The molecule has 8 heteroatoms. The zero-order valence-electron chi connectivity index (χ0n) is 16.7. The number of ether oxygens (including phenoxy) is 2. The lowest BCUT2D eigenvalue weighted by molar-refractivity contribution is -0.121. The number of aromatic nitrogens is 2. The summed E-state index contributed by atoms with van der Waals surface area (Å²) in [6.07, 6.45) is 1.44. The molecule has 0 saturated carbocycles. The van der Waals surface area contributed by atoms with Crippen molar-refractivity contribution in [3.8, 4) is 0 Å². The highest BCUT2D eigenvalue weighted by Crippen LogP contribution is 2.11. The molecule has 0 bridgehead atoms. The summed E-state index contributed by atoms with van der Waals surface area (Å²) in [4.78, 5) is 33.8. The van der Waals surface area contributed by atoms with Gasteiger partial charge in [-0.1, -0.05) is 13.8 Å². The van der Waals surface area contributed by atoms with Crippen LogP contribution in [0.4, 0.5) is 5.95 Å². The van der Waals surface area contributed by atoms with Crippen molar-refractivity contribution in [2.75, 3.05) is 51.0 Å². The van der Waals surface area contributed by atoms with Gasteiger partial charge in [-0.05, 0) is 25.7 Å². The summed E-state index contributed by atoms with van der Waals surface area (Å²) in [5.41, 5.74) is 1.08. The number of carbonyl (C=O) groups excluding carboxylic acids is 1. The summed E-state index contributed by atoms with van der Waals surface area (Å²) in [6.45, 7) is 10.7. The molecule has 1 aliphatic heterocycles. The van der Waals surface area contributed by atoms with E-state index >= 15 is 0 Å². The molecule has 1 saturated heterocycles. The lowest BCUT2D eigenvalue weighted by atomic mass is 10.1. The third kappa shape index (κ3) is 7.30. The first-order valence-corrected chi connectivity index (χ1v) is 9.74. The van der Waals surface area contributed by atoms with Gasteiger partial charge >= 0.3 is 0 Å². The maximum absolute atomic E-state index is 12.4. The second-order valence-corrected chi connectivity index (χ2v) is 7.23. The molecule has 2 heterocycles. The summed E-state index contributed by atoms with van der Waals surface area (Å²) >= 11 is 0. The highest BCUT2D eigenvalue weighted by molar-refractivity contribution is 5.76. The molecular weight excluding hydrogens is 348 g/mol. The predicted octanol–water partition coefficient (Wildman–Crippen LogP) is 1.03. The Labute approximate surface area is 160 Å².